The van der Waals surface area contributed by atoms with Crippen LogP contribution < -0.4 is 0 Å². The van der Waals surface area contributed by atoms with E-state index in [9.17, 15) is 0 Å². The molecule has 0 amide bonds. The van der Waals surface area contributed by atoms with Gasteiger partial charge in [-0.3, -0.25) is 0 Å². The number of aryl methyl sites for hydroxylation is 2. The second-order valence-electron chi connectivity index (χ2n) is 8.03. The molecule has 0 spiro atoms. The third-order valence-corrected chi connectivity index (χ3v) is 5.62. The maximum absolute atomic E-state index is 4.45. The van der Waals surface area contributed by atoms with E-state index in [0.29, 0.717) is 0 Å². The monoisotopic (exact) mass is 366 g/mol. The van der Waals surface area contributed by atoms with Gasteiger partial charge in [-0.25, -0.2) is 0 Å². The molecule has 0 radical (unpaired) electrons. The summed E-state index contributed by atoms with van der Waals surface area (Å²) < 4.78 is 0. The van der Waals surface area contributed by atoms with Crippen LogP contribution in [0, 0.1) is 5.92 Å². The van der Waals surface area contributed by atoms with Crippen molar-refractivity contribution in [3.05, 3.63) is 47.7 Å². The number of hydrogen-bond donors (Lipinski definition) is 0. The lowest BCUT2D eigenvalue weighted by molar-refractivity contribution is 0.483. The second kappa shape index (κ2) is 12.6. The molecule has 1 aromatic heterocycles. The molecule has 1 aromatic carbocycles. The summed E-state index contributed by atoms with van der Waals surface area (Å²) in [6.45, 7) is 6.88. The molecule has 27 heavy (non-hydrogen) atoms. The summed E-state index contributed by atoms with van der Waals surface area (Å²) in [4.78, 5) is 0. The first kappa shape index (κ1) is 21.6. The molecule has 0 bridgehead atoms. The van der Waals surface area contributed by atoms with Gasteiger partial charge in [0.15, 0.2) is 0 Å². The van der Waals surface area contributed by atoms with E-state index < -0.39 is 0 Å². The third kappa shape index (κ3) is 8.24. The van der Waals surface area contributed by atoms with Gasteiger partial charge < -0.3 is 0 Å². The lowest BCUT2D eigenvalue weighted by Crippen LogP contribution is -1.97. The normalized spacial score (nSPS) is 12.3. The van der Waals surface area contributed by atoms with Crippen molar-refractivity contribution in [2.24, 2.45) is 5.92 Å². The average molecular weight is 367 g/mol. The van der Waals surface area contributed by atoms with Gasteiger partial charge in [-0.15, -0.1) is 0 Å². The van der Waals surface area contributed by atoms with Crippen LogP contribution in [0.25, 0.3) is 11.3 Å². The minimum Gasteiger partial charge on any atom is -0.155 e. The lowest BCUT2D eigenvalue weighted by atomic mass is 10.0. The average Bonchev–Trinajstić information content (AvgIpc) is 2.72. The summed E-state index contributed by atoms with van der Waals surface area (Å²) in [5.74, 6) is 0.845. The Morgan fingerprint density at radius 3 is 2.15 bits per heavy atom. The van der Waals surface area contributed by atoms with Crippen molar-refractivity contribution in [1.82, 2.24) is 10.2 Å². The fraction of sp³-hybridized carbons (Fsp3) is 0.600. The van der Waals surface area contributed by atoms with Crippen LogP contribution in [0.1, 0.15) is 89.8 Å². The van der Waals surface area contributed by atoms with Crippen LogP contribution in [-0.4, -0.2) is 10.2 Å². The van der Waals surface area contributed by atoms with Gasteiger partial charge in [0, 0.05) is 5.56 Å². The van der Waals surface area contributed by atoms with Crippen LogP contribution >= 0.6 is 0 Å². The zero-order chi connectivity index (χ0) is 19.3. The highest BCUT2D eigenvalue weighted by Crippen LogP contribution is 2.19. The van der Waals surface area contributed by atoms with E-state index in [1.807, 2.05) is 0 Å². The molecule has 2 rings (SSSR count). The van der Waals surface area contributed by atoms with E-state index in [-0.39, 0.29) is 0 Å². The Labute approximate surface area is 166 Å². The lowest BCUT2D eigenvalue weighted by Gasteiger charge is -2.07. The Kier molecular flexibility index (Phi) is 10.1. The van der Waals surface area contributed by atoms with Gasteiger partial charge in [-0.1, -0.05) is 90.0 Å². The van der Waals surface area contributed by atoms with Gasteiger partial charge in [0.2, 0.25) is 0 Å². The Bertz CT molecular complexity index is 616. The van der Waals surface area contributed by atoms with Crippen molar-refractivity contribution in [3.8, 4) is 11.3 Å². The minimum atomic E-state index is 0.845. The molecular weight excluding hydrogens is 328 g/mol. The Balaban J connectivity index is 1.77. The van der Waals surface area contributed by atoms with Crippen LogP contribution in [0.5, 0.6) is 0 Å². The van der Waals surface area contributed by atoms with Gasteiger partial charge >= 0.3 is 0 Å². The van der Waals surface area contributed by atoms with Crippen LogP contribution in [0.3, 0.4) is 0 Å². The van der Waals surface area contributed by atoms with Gasteiger partial charge in [0.05, 0.1) is 11.4 Å². The highest BCUT2D eigenvalue weighted by atomic mass is 15.1. The van der Waals surface area contributed by atoms with Gasteiger partial charge in [-0.05, 0) is 49.3 Å². The fourth-order valence-electron chi connectivity index (χ4n) is 3.43. The summed E-state index contributed by atoms with van der Waals surface area (Å²) in [5.41, 5.74) is 4.70. The third-order valence-electron chi connectivity index (χ3n) is 5.62. The van der Waals surface area contributed by atoms with E-state index in [1.54, 1.807) is 0 Å². The second-order valence-corrected chi connectivity index (χ2v) is 8.03. The van der Waals surface area contributed by atoms with Crippen molar-refractivity contribution >= 4 is 0 Å². The first-order chi connectivity index (χ1) is 13.2. The number of hydrogen-bond acceptors (Lipinski definition) is 2. The van der Waals surface area contributed by atoms with E-state index in [4.69, 9.17) is 0 Å². The zero-order valence-electron chi connectivity index (χ0n) is 17.7. The maximum Gasteiger partial charge on any atom is 0.0929 e. The molecule has 0 aliphatic carbocycles. The summed E-state index contributed by atoms with van der Waals surface area (Å²) in [5, 5.41) is 8.90. The molecule has 2 nitrogen and oxygen atoms in total. The molecular formula is C25H38N2. The van der Waals surface area contributed by atoms with Gasteiger partial charge in [-0.2, -0.15) is 10.2 Å². The molecule has 0 saturated carbocycles. The Morgan fingerprint density at radius 2 is 1.48 bits per heavy atom. The number of unbranched alkanes of at least 4 members (excludes halogenated alkanes) is 5. The van der Waals surface area contributed by atoms with Crippen molar-refractivity contribution in [2.75, 3.05) is 0 Å². The fourth-order valence-corrected chi connectivity index (χ4v) is 3.43. The Hall–Kier alpha value is -1.70. The molecule has 0 unspecified atom stereocenters. The molecule has 2 heteroatoms. The van der Waals surface area contributed by atoms with E-state index in [0.717, 1.165) is 23.7 Å². The predicted octanol–water partition coefficient (Wildman–Crippen LogP) is 7.42. The quantitative estimate of drug-likeness (QED) is 0.345. The molecule has 1 heterocycles. The highest BCUT2D eigenvalue weighted by Gasteiger charge is 2.03. The van der Waals surface area contributed by atoms with E-state index >= 15 is 0 Å². The minimum absolute atomic E-state index is 0.845. The zero-order valence-corrected chi connectivity index (χ0v) is 17.7. The molecule has 0 aliphatic rings. The number of rotatable bonds is 13. The van der Waals surface area contributed by atoms with Crippen molar-refractivity contribution in [3.63, 3.8) is 0 Å². The predicted molar refractivity (Wildman–Crippen MR) is 117 cm³/mol. The topological polar surface area (TPSA) is 25.8 Å². The van der Waals surface area contributed by atoms with Crippen LogP contribution in [0.2, 0.25) is 0 Å². The Morgan fingerprint density at radius 1 is 0.741 bits per heavy atom. The smallest absolute Gasteiger partial charge is 0.0929 e. The molecule has 0 saturated heterocycles. The molecule has 0 fully saturated rings. The molecule has 2 aromatic rings. The van der Waals surface area contributed by atoms with Crippen molar-refractivity contribution in [2.45, 2.75) is 91.4 Å². The van der Waals surface area contributed by atoms with Crippen LogP contribution in [0.4, 0.5) is 0 Å². The largest absolute Gasteiger partial charge is 0.155 e. The van der Waals surface area contributed by atoms with Crippen LogP contribution in [0.15, 0.2) is 36.4 Å². The SMILES string of the molecule is CCCCCCCc1ccc(-c2ccc(CCCC[C@@H](C)CC)nn2)cc1. The maximum atomic E-state index is 4.45. The number of nitrogens with zero attached hydrogens (tertiary/aromatic N) is 2. The molecule has 1 atom stereocenters. The molecule has 0 aliphatic heterocycles. The van der Waals surface area contributed by atoms with E-state index in [2.05, 4.69) is 67.4 Å². The first-order valence-electron chi connectivity index (χ1n) is 11.1. The van der Waals surface area contributed by atoms with Crippen molar-refractivity contribution in [1.29, 1.82) is 0 Å². The highest BCUT2D eigenvalue weighted by molar-refractivity contribution is 5.58. The number of benzene rings is 1. The summed E-state index contributed by atoms with van der Waals surface area (Å²) in [7, 11) is 0. The van der Waals surface area contributed by atoms with Crippen molar-refractivity contribution < 1.29 is 0 Å². The van der Waals surface area contributed by atoms with E-state index in [1.165, 1.54) is 75.3 Å². The number of aromatic nitrogens is 2. The van der Waals surface area contributed by atoms with Gasteiger partial charge in [0.1, 0.15) is 0 Å². The van der Waals surface area contributed by atoms with Crippen LogP contribution in [-0.2, 0) is 12.8 Å². The summed E-state index contributed by atoms with van der Waals surface area (Å²) in [6.07, 6.45) is 14.0. The standard InChI is InChI=1S/C25H38N2/c1-4-6-7-8-9-13-22-15-17-23(18-16-22)25-20-19-24(26-27-25)14-11-10-12-21(3)5-2/h15-21H,4-14H2,1-3H3/t21-/m0/s1. The van der Waals surface area contributed by atoms with Gasteiger partial charge in [0.25, 0.3) is 0 Å². The summed E-state index contributed by atoms with van der Waals surface area (Å²) >= 11 is 0. The molecule has 0 N–H and O–H groups in total. The first-order valence-corrected chi connectivity index (χ1v) is 11.1. The molecule has 148 valence electrons. The summed E-state index contributed by atoms with van der Waals surface area (Å²) in [6, 6.07) is 13.2.